The van der Waals surface area contributed by atoms with Crippen LogP contribution in [0.15, 0.2) is 47.8 Å². The van der Waals surface area contributed by atoms with E-state index in [-0.39, 0.29) is 5.91 Å². The summed E-state index contributed by atoms with van der Waals surface area (Å²) in [6, 6.07) is 14.8. The van der Waals surface area contributed by atoms with Crippen LogP contribution in [0.3, 0.4) is 0 Å². The van der Waals surface area contributed by atoms with Crippen LogP contribution in [0.1, 0.15) is 29.4 Å². The molecule has 1 aliphatic rings. The number of amides is 1. The van der Waals surface area contributed by atoms with Crippen molar-refractivity contribution >= 4 is 27.5 Å². The Hall–Kier alpha value is -2.11. The zero-order valence-electron chi connectivity index (χ0n) is 16.0. The summed E-state index contributed by atoms with van der Waals surface area (Å²) in [5.41, 5.74) is 2.23. The summed E-state index contributed by atoms with van der Waals surface area (Å²) in [5.74, 6) is 0.202. The van der Waals surface area contributed by atoms with E-state index in [1.54, 1.807) is 16.2 Å². The third-order valence-corrected chi connectivity index (χ3v) is 6.62. The Labute approximate surface area is 165 Å². The van der Waals surface area contributed by atoms with E-state index >= 15 is 0 Å². The molecule has 0 unspecified atom stereocenters. The maximum absolute atomic E-state index is 13.2. The molecule has 0 saturated carbocycles. The molecule has 0 radical (unpaired) electrons. The highest BCUT2D eigenvalue weighted by Gasteiger charge is 2.26. The van der Waals surface area contributed by atoms with Gasteiger partial charge in [-0.05, 0) is 42.8 Å². The van der Waals surface area contributed by atoms with Crippen LogP contribution in [0.2, 0.25) is 0 Å². The number of benzene rings is 1. The van der Waals surface area contributed by atoms with E-state index in [4.69, 9.17) is 0 Å². The topological polar surface area (TPSA) is 29.7 Å². The van der Waals surface area contributed by atoms with Gasteiger partial charge >= 0.3 is 0 Å². The largest absolute Gasteiger partial charge is 0.332 e. The Balaban J connectivity index is 1.50. The van der Waals surface area contributed by atoms with Gasteiger partial charge in [0.1, 0.15) is 10.5 Å². The predicted octanol–water partition coefficient (Wildman–Crippen LogP) is 2.70. The van der Waals surface area contributed by atoms with Crippen LogP contribution < -0.4 is 4.90 Å². The first-order valence-electron chi connectivity index (χ1n) is 9.99. The SMILES string of the molecule is CC[NH+]1CCN(C(=O)c2cc3ccsc3n2CCCc2ccccc2)CC1. The molecule has 3 heterocycles. The molecule has 4 nitrogen and oxygen atoms in total. The van der Waals surface area contributed by atoms with E-state index in [0.29, 0.717) is 0 Å². The summed E-state index contributed by atoms with van der Waals surface area (Å²) < 4.78 is 2.25. The Kier molecular flexibility index (Phi) is 5.60. The molecule has 0 atom stereocenters. The van der Waals surface area contributed by atoms with Gasteiger partial charge in [-0.15, -0.1) is 11.3 Å². The van der Waals surface area contributed by atoms with Gasteiger partial charge < -0.3 is 14.4 Å². The minimum Gasteiger partial charge on any atom is -0.332 e. The van der Waals surface area contributed by atoms with Crippen molar-refractivity contribution in [3.05, 3.63) is 59.1 Å². The molecule has 1 aliphatic heterocycles. The number of fused-ring (bicyclic) bond motifs is 1. The number of piperazine rings is 1. The third kappa shape index (κ3) is 3.94. The molecular weight excluding hydrogens is 354 g/mol. The van der Waals surface area contributed by atoms with Crippen LogP contribution in [0.5, 0.6) is 0 Å². The van der Waals surface area contributed by atoms with Crippen LogP contribution in [0.25, 0.3) is 10.2 Å². The van der Waals surface area contributed by atoms with Crippen molar-refractivity contribution in [3.8, 4) is 0 Å². The number of aryl methyl sites for hydroxylation is 2. The molecular formula is C22H28N3OS+. The van der Waals surface area contributed by atoms with Gasteiger partial charge in [-0.2, -0.15) is 0 Å². The van der Waals surface area contributed by atoms with Crippen molar-refractivity contribution in [2.24, 2.45) is 0 Å². The number of carbonyl (C=O) groups is 1. The van der Waals surface area contributed by atoms with Crippen molar-refractivity contribution < 1.29 is 9.69 Å². The third-order valence-electron chi connectivity index (χ3n) is 5.67. The van der Waals surface area contributed by atoms with Gasteiger partial charge in [0.25, 0.3) is 5.91 Å². The maximum atomic E-state index is 13.2. The molecule has 3 aromatic rings. The number of nitrogens with one attached hydrogen (secondary N) is 1. The number of quaternary nitrogens is 1. The van der Waals surface area contributed by atoms with Crippen LogP contribution >= 0.6 is 11.3 Å². The maximum Gasteiger partial charge on any atom is 0.270 e. The molecule has 2 aromatic heterocycles. The number of thiophene rings is 1. The first-order valence-corrected chi connectivity index (χ1v) is 10.9. The lowest BCUT2D eigenvalue weighted by atomic mass is 10.1. The molecule has 1 saturated heterocycles. The lowest BCUT2D eigenvalue weighted by molar-refractivity contribution is -0.902. The van der Waals surface area contributed by atoms with Gasteiger partial charge in [0, 0.05) is 11.9 Å². The van der Waals surface area contributed by atoms with Crippen molar-refractivity contribution in [1.29, 1.82) is 0 Å². The zero-order chi connectivity index (χ0) is 18.6. The zero-order valence-corrected chi connectivity index (χ0v) is 16.8. The number of rotatable bonds is 6. The molecule has 0 aliphatic carbocycles. The summed E-state index contributed by atoms with van der Waals surface area (Å²) in [5, 5.41) is 3.32. The van der Waals surface area contributed by atoms with E-state index in [2.05, 4.69) is 59.3 Å². The van der Waals surface area contributed by atoms with Gasteiger partial charge in [-0.1, -0.05) is 30.3 Å². The predicted molar refractivity (Wildman–Crippen MR) is 112 cm³/mol. The van der Waals surface area contributed by atoms with Gasteiger partial charge in [-0.3, -0.25) is 4.79 Å². The van der Waals surface area contributed by atoms with E-state index in [0.717, 1.165) is 57.8 Å². The Morgan fingerprint density at radius 3 is 2.67 bits per heavy atom. The molecule has 5 heteroatoms. The second kappa shape index (κ2) is 8.28. The number of nitrogens with zero attached hydrogens (tertiary/aromatic N) is 2. The fourth-order valence-electron chi connectivity index (χ4n) is 4.00. The van der Waals surface area contributed by atoms with Crippen LogP contribution in [0.4, 0.5) is 0 Å². The summed E-state index contributed by atoms with van der Waals surface area (Å²) >= 11 is 1.74. The summed E-state index contributed by atoms with van der Waals surface area (Å²) in [7, 11) is 0. The van der Waals surface area contributed by atoms with E-state index in [1.165, 1.54) is 15.8 Å². The number of carbonyl (C=O) groups excluding carboxylic acids is 1. The van der Waals surface area contributed by atoms with Crippen molar-refractivity contribution in [1.82, 2.24) is 9.47 Å². The number of hydrogen-bond acceptors (Lipinski definition) is 2. The summed E-state index contributed by atoms with van der Waals surface area (Å²) in [6.07, 6.45) is 2.08. The Bertz CT molecular complexity index is 891. The minimum absolute atomic E-state index is 0.202. The van der Waals surface area contributed by atoms with Crippen LogP contribution in [-0.2, 0) is 13.0 Å². The highest BCUT2D eigenvalue weighted by atomic mass is 32.1. The molecule has 142 valence electrons. The second-order valence-electron chi connectivity index (χ2n) is 7.35. The molecule has 1 N–H and O–H groups in total. The van der Waals surface area contributed by atoms with Gasteiger partial charge in [0.2, 0.25) is 0 Å². The first kappa shape index (κ1) is 18.3. The van der Waals surface area contributed by atoms with E-state index < -0.39 is 0 Å². The summed E-state index contributed by atoms with van der Waals surface area (Å²) in [4.78, 5) is 18.1. The van der Waals surface area contributed by atoms with Gasteiger partial charge in [0.15, 0.2) is 0 Å². The van der Waals surface area contributed by atoms with Gasteiger partial charge in [0.05, 0.1) is 32.7 Å². The quantitative estimate of drug-likeness (QED) is 0.698. The normalized spacial score (nSPS) is 15.5. The van der Waals surface area contributed by atoms with Crippen LogP contribution in [-0.4, -0.2) is 48.1 Å². The highest BCUT2D eigenvalue weighted by molar-refractivity contribution is 7.16. The monoisotopic (exact) mass is 382 g/mol. The molecule has 0 bridgehead atoms. The number of aromatic nitrogens is 1. The number of likely N-dealkylation sites (N-methyl/N-ethyl adjacent to an activating group) is 1. The molecule has 27 heavy (non-hydrogen) atoms. The Morgan fingerprint density at radius 1 is 1.15 bits per heavy atom. The standard InChI is InChI=1S/C22H27N3OS/c1-2-23-12-14-24(15-13-23)21(26)20-17-19-10-16-27-22(19)25(20)11-6-9-18-7-4-3-5-8-18/h3-5,7-8,10,16-17H,2,6,9,11-15H2,1H3/p+1. The summed E-state index contributed by atoms with van der Waals surface area (Å²) in [6.45, 7) is 8.11. The fraction of sp³-hybridized carbons (Fsp3) is 0.409. The lowest BCUT2D eigenvalue weighted by Gasteiger charge is -2.31. The fourth-order valence-corrected chi connectivity index (χ4v) is 4.93. The molecule has 1 aromatic carbocycles. The Morgan fingerprint density at radius 2 is 1.93 bits per heavy atom. The average Bonchev–Trinajstić information content (AvgIpc) is 3.31. The van der Waals surface area contributed by atoms with Crippen molar-refractivity contribution in [2.75, 3.05) is 32.7 Å². The highest BCUT2D eigenvalue weighted by Crippen LogP contribution is 2.27. The smallest absolute Gasteiger partial charge is 0.270 e. The van der Waals surface area contributed by atoms with Crippen molar-refractivity contribution in [3.63, 3.8) is 0 Å². The number of hydrogen-bond donors (Lipinski definition) is 1. The van der Waals surface area contributed by atoms with Crippen molar-refractivity contribution in [2.45, 2.75) is 26.3 Å². The molecule has 0 spiro atoms. The first-order chi connectivity index (χ1) is 13.3. The van der Waals surface area contributed by atoms with Crippen LogP contribution in [0, 0.1) is 0 Å². The molecule has 4 rings (SSSR count). The lowest BCUT2D eigenvalue weighted by Crippen LogP contribution is -3.14. The van der Waals surface area contributed by atoms with E-state index in [1.807, 2.05) is 4.90 Å². The van der Waals surface area contributed by atoms with E-state index in [9.17, 15) is 4.79 Å². The molecule has 1 fully saturated rings. The minimum atomic E-state index is 0.202. The van der Waals surface area contributed by atoms with Gasteiger partial charge in [-0.25, -0.2) is 0 Å². The molecule has 1 amide bonds. The average molecular weight is 383 g/mol. The second-order valence-corrected chi connectivity index (χ2v) is 8.24.